The number of carboxylic acid groups (broad SMARTS) is 1. The number of carbonyl (C=O) groups excluding carboxylic acids is 1. The maximum absolute atomic E-state index is 10.2. The second-order valence-electron chi connectivity index (χ2n) is 1.55. The highest BCUT2D eigenvalue weighted by atomic mass is 31.1. The van der Waals surface area contributed by atoms with Gasteiger partial charge in [0.05, 0.1) is 6.42 Å². The van der Waals surface area contributed by atoms with Gasteiger partial charge in [0.25, 0.3) is 0 Å². The van der Waals surface area contributed by atoms with Gasteiger partial charge in [-0.05, 0) is 4.57 Å². The predicted octanol–water partition coefficient (Wildman–Crippen LogP) is -0.235. The molecule has 0 amide bonds. The van der Waals surface area contributed by atoms with E-state index < -0.39 is 19.8 Å². The summed E-state index contributed by atoms with van der Waals surface area (Å²) >= 11 is 0. The highest BCUT2D eigenvalue weighted by Gasteiger charge is 2.18. The van der Waals surface area contributed by atoms with Gasteiger partial charge in [-0.2, -0.15) is 4.89 Å². The number of hydrogen-bond donors (Lipinski definition) is 2. The molecule has 0 bridgehead atoms. The molecule has 0 fully saturated rings. The van der Waals surface area contributed by atoms with Crippen LogP contribution in [0.3, 0.4) is 0 Å². The largest absolute Gasteiger partial charge is 0.505 e. The summed E-state index contributed by atoms with van der Waals surface area (Å²) < 4.78 is 9.93. The highest BCUT2D eigenvalue weighted by molar-refractivity contribution is 7.38. The lowest BCUT2D eigenvalue weighted by molar-refractivity contribution is -0.148. The molecule has 0 aromatic rings. The lowest BCUT2D eigenvalue weighted by Gasteiger charge is -1.83. The number of hydrogen-bond acceptors (Lipinski definition) is 3. The summed E-state index contributed by atoms with van der Waals surface area (Å²) in [7, 11) is -2.39. The molecule has 0 aliphatic carbocycles. The van der Waals surface area contributed by atoms with Crippen LogP contribution >= 0.6 is 8.03 Å². The number of aliphatic carboxylic acids is 1. The van der Waals surface area contributed by atoms with Crippen molar-refractivity contribution in [2.45, 2.75) is 6.42 Å². The zero-order valence-corrected chi connectivity index (χ0v) is 5.88. The Balaban J connectivity index is 3.60. The lowest BCUT2D eigenvalue weighted by Crippen LogP contribution is -2.12. The van der Waals surface area contributed by atoms with Crippen LogP contribution < -0.4 is 0 Å². The van der Waals surface area contributed by atoms with E-state index in [2.05, 4.69) is 0 Å². The summed E-state index contributed by atoms with van der Waals surface area (Å²) in [5.74, 6) is -2.59. The van der Waals surface area contributed by atoms with Gasteiger partial charge < -0.3 is 5.11 Å². The van der Waals surface area contributed by atoms with Crippen LogP contribution in [0.4, 0.5) is 0 Å². The number of ketones is 1. The molecule has 1 unspecified atom stereocenters. The van der Waals surface area contributed by atoms with E-state index in [-0.39, 0.29) is 12.6 Å². The topological polar surface area (TPSA) is 91.7 Å². The van der Waals surface area contributed by atoms with Crippen molar-refractivity contribution in [3.05, 3.63) is 0 Å². The van der Waals surface area contributed by atoms with Crippen molar-refractivity contribution < 1.29 is 24.2 Å². The normalized spacial score (nSPS) is 10.7. The molecule has 0 saturated carbocycles. The SMILES string of the molecule is O=C(O)C(=O)CC[P+](=O)O. The van der Waals surface area contributed by atoms with Gasteiger partial charge in [-0.1, -0.05) is 0 Å². The van der Waals surface area contributed by atoms with Gasteiger partial charge in [-0.3, -0.25) is 4.79 Å². The van der Waals surface area contributed by atoms with Gasteiger partial charge in [0.2, 0.25) is 5.78 Å². The van der Waals surface area contributed by atoms with Crippen molar-refractivity contribution in [3.8, 4) is 0 Å². The zero-order valence-electron chi connectivity index (χ0n) is 4.98. The van der Waals surface area contributed by atoms with E-state index in [1.54, 1.807) is 0 Å². The van der Waals surface area contributed by atoms with Crippen molar-refractivity contribution in [2.75, 3.05) is 6.16 Å². The van der Waals surface area contributed by atoms with E-state index in [1.165, 1.54) is 0 Å². The molecule has 0 rings (SSSR count). The smallest absolute Gasteiger partial charge is 0.475 e. The van der Waals surface area contributed by atoms with Gasteiger partial charge in [0, 0.05) is 0 Å². The van der Waals surface area contributed by atoms with Crippen molar-refractivity contribution >= 4 is 19.8 Å². The monoisotopic (exact) mass is 165 g/mol. The van der Waals surface area contributed by atoms with E-state index in [4.69, 9.17) is 10.00 Å². The second kappa shape index (κ2) is 4.09. The molecule has 0 spiro atoms. The molecule has 2 N–H and O–H groups in total. The van der Waals surface area contributed by atoms with E-state index >= 15 is 0 Å². The van der Waals surface area contributed by atoms with E-state index in [9.17, 15) is 14.2 Å². The minimum atomic E-state index is -2.39. The van der Waals surface area contributed by atoms with Gasteiger partial charge in [0.1, 0.15) is 0 Å². The van der Waals surface area contributed by atoms with Crippen LogP contribution in [-0.2, 0) is 14.2 Å². The van der Waals surface area contributed by atoms with Crippen LogP contribution in [-0.4, -0.2) is 27.9 Å². The Hall–Kier alpha value is -0.800. The van der Waals surface area contributed by atoms with E-state index in [0.717, 1.165) is 0 Å². The standard InChI is InChI=1S/C4H5O5P/c5-3(4(6)7)1-2-10(8)9/h1-2H2,(H-,6,7,8,9)/p+1. The quantitative estimate of drug-likeness (QED) is 0.443. The minimum absolute atomic E-state index is 0.277. The number of carboxylic acids is 1. The summed E-state index contributed by atoms with van der Waals surface area (Å²) in [6, 6.07) is 0. The van der Waals surface area contributed by atoms with Crippen LogP contribution in [0.2, 0.25) is 0 Å². The average molecular weight is 165 g/mol. The van der Waals surface area contributed by atoms with Crippen LogP contribution in [0.1, 0.15) is 6.42 Å². The number of rotatable bonds is 4. The molecule has 0 radical (unpaired) electrons. The molecular weight excluding hydrogens is 159 g/mol. The molecule has 0 heterocycles. The third kappa shape index (κ3) is 4.12. The zero-order chi connectivity index (χ0) is 8.15. The first-order valence-electron chi connectivity index (χ1n) is 2.43. The van der Waals surface area contributed by atoms with Crippen LogP contribution in [0.15, 0.2) is 0 Å². The third-order valence-corrected chi connectivity index (χ3v) is 1.37. The van der Waals surface area contributed by atoms with Gasteiger partial charge >= 0.3 is 14.0 Å². The maximum atomic E-state index is 10.2. The minimum Gasteiger partial charge on any atom is -0.475 e. The molecule has 0 aromatic carbocycles. The highest BCUT2D eigenvalue weighted by Crippen LogP contribution is 2.13. The van der Waals surface area contributed by atoms with E-state index in [1.807, 2.05) is 0 Å². The molecule has 0 aromatic heterocycles. The fourth-order valence-electron chi connectivity index (χ4n) is 0.304. The average Bonchev–Trinajstić information content (AvgIpc) is 1.82. The molecule has 5 nitrogen and oxygen atoms in total. The molecule has 10 heavy (non-hydrogen) atoms. The molecular formula is C4H6O5P+. The predicted molar refractivity (Wildman–Crippen MR) is 32.0 cm³/mol. The first kappa shape index (κ1) is 9.20. The van der Waals surface area contributed by atoms with Crippen LogP contribution in [0.25, 0.3) is 0 Å². The fraction of sp³-hybridized carbons (Fsp3) is 0.500. The summed E-state index contributed by atoms with van der Waals surface area (Å²) in [5, 5.41) is 7.97. The number of Topliss-reactive ketones (excluding diaryl/α,β-unsaturated/α-hetero) is 1. The van der Waals surface area contributed by atoms with Crippen LogP contribution in [0, 0.1) is 0 Å². The first-order valence-corrected chi connectivity index (χ1v) is 3.83. The summed E-state index contributed by atoms with van der Waals surface area (Å²) in [6.45, 7) is 0. The summed E-state index contributed by atoms with van der Waals surface area (Å²) in [6.07, 6.45) is -0.651. The fourth-order valence-corrected chi connectivity index (χ4v) is 0.698. The molecule has 0 saturated heterocycles. The Morgan fingerprint density at radius 1 is 1.40 bits per heavy atom. The van der Waals surface area contributed by atoms with Crippen molar-refractivity contribution in [1.29, 1.82) is 0 Å². The molecule has 6 heteroatoms. The Morgan fingerprint density at radius 2 is 1.90 bits per heavy atom. The van der Waals surface area contributed by atoms with Crippen molar-refractivity contribution in [1.82, 2.24) is 0 Å². The third-order valence-electron chi connectivity index (χ3n) is 0.769. The summed E-state index contributed by atoms with van der Waals surface area (Å²) in [4.78, 5) is 28.1. The lowest BCUT2D eigenvalue weighted by atomic mass is 10.3. The Kier molecular flexibility index (Phi) is 3.76. The van der Waals surface area contributed by atoms with Crippen molar-refractivity contribution in [2.24, 2.45) is 0 Å². The summed E-state index contributed by atoms with van der Waals surface area (Å²) in [5.41, 5.74) is 0. The molecule has 0 aliphatic heterocycles. The molecule has 56 valence electrons. The molecule has 0 aliphatic rings. The van der Waals surface area contributed by atoms with Gasteiger partial charge in [-0.25, -0.2) is 4.79 Å². The van der Waals surface area contributed by atoms with Crippen LogP contribution in [0.5, 0.6) is 0 Å². The Bertz CT molecular complexity index is 174. The first-order chi connectivity index (χ1) is 4.54. The number of carbonyl (C=O) groups is 2. The Labute approximate surface area is 57.5 Å². The maximum Gasteiger partial charge on any atom is 0.505 e. The van der Waals surface area contributed by atoms with Gasteiger partial charge in [0.15, 0.2) is 6.16 Å². The second-order valence-corrected chi connectivity index (χ2v) is 2.71. The Morgan fingerprint density at radius 3 is 2.20 bits per heavy atom. The molecule has 1 atom stereocenters. The van der Waals surface area contributed by atoms with E-state index in [0.29, 0.717) is 0 Å². The van der Waals surface area contributed by atoms with Crippen molar-refractivity contribution in [3.63, 3.8) is 0 Å². The van der Waals surface area contributed by atoms with Gasteiger partial charge in [-0.15, -0.1) is 0 Å².